The summed E-state index contributed by atoms with van der Waals surface area (Å²) in [5.74, 6) is 0. The predicted octanol–water partition coefficient (Wildman–Crippen LogP) is 17.0. The van der Waals surface area contributed by atoms with Crippen LogP contribution in [0.4, 0.5) is 5.69 Å². The Bertz CT molecular complexity index is 4070. The fraction of sp³-hybridized carbons (Fsp3) is 0.0312. The molecule has 10 aromatic carbocycles. The number of hydrogen-bond donors (Lipinski definition) is 0. The van der Waals surface area contributed by atoms with Crippen LogP contribution in [0.25, 0.3) is 121 Å². The van der Waals surface area contributed by atoms with Gasteiger partial charge in [0.1, 0.15) is 6.07 Å². The fourth-order valence-electron chi connectivity index (χ4n) is 11.0. The van der Waals surface area contributed by atoms with Crippen LogP contribution in [0, 0.1) is 31.8 Å². The summed E-state index contributed by atoms with van der Waals surface area (Å²) < 4.78 is 6.95. The molecule has 0 spiro atoms. The van der Waals surface area contributed by atoms with Crippen LogP contribution < -0.4 is 0 Å². The number of hydrogen-bond acceptors (Lipinski definition) is 1. The topological polar surface area (TPSA) is 42.9 Å². The van der Waals surface area contributed by atoms with Gasteiger partial charge in [-0.15, -0.1) is 0 Å². The molecule has 13 aromatic rings. The highest BCUT2D eigenvalue weighted by molar-refractivity contribution is 6.17. The zero-order valence-electron chi connectivity index (χ0n) is 37.9. The van der Waals surface area contributed by atoms with Gasteiger partial charge in [-0.05, 0) is 102 Å². The Balaban J connectivity index is 1.31. The van der Waals surface area contributed by atoms with Crippen molar-refractivity contribution >= 4 is 71.1 Å². The highest BCUT2D eigenvalue weighted by atomic mass is 15.1. The van der Waals surface area contributed by atoms with Crippen molar-refractivity contribution < 1.29 is 0 Å². The Morgan fingerprint density at radius 2 is 0.739 bits per heavy atom. The van der Waals surface area contributed by atoms with Crippen LogP contribution in [0.2, 0.25) is 0 Å². The third-order valence-corrected chi connectivity index (χ3v) is 14.0. The van der Waals surface area contributed by atoms with Crippen molar-refractivity contribution in [2.24, 2.45) is 0 Å². The smallest absolute Gasteiger partial charge is 0.221 e. The lowest BCUT2D eigenvalue weighted by Gasteiger charge is -2.27. The van der Waals surface area contributed by atoms with E-state index in [1.807, 2.05) is 42.5 Å². The van der Waals surface area contributed by atoms with E-state index in [0.717, 1.165) is 110 Å². The van der Waals surface area contributed by atoms with Gasteiger partial charge in [0.2, 0.25) is 5.69 Å². The normalized spacial score (nSPS) is 11.6. The summed E-state index contributed by atoms with van der Waals surface area (Å²) in [6.45, 7) is 13.7. The molecule has 69 heavy (non-hydrogen) atoms. The Kier molecular flexibility index (Phi) is 9.02. The number of rotatable bonds is 6. The van der Waals surface area contributed by atoms with Gasteiger partial charge in [-0.3, -0.25) is 0 Å². The van der Waals surface area contributed by atoms with Crippen molar-refractivity contribution in [3.63, 3.8) is 0 Å². The Labute approximate surface area is 399 Å². The van der Waals surface area contributed by atoms with Gasteiger partial charge in [-0.25, -0.2) is 4.85 Å². The van der Waals surface area contributed by atoms with Crippen LogP contribution in [0.5, 0.6) is 0 Å². The van der Waals surface area contributed by atoms with E-state index >= 15 is 0 Å². The zero-order valence-corrected chi connectivity index (χ0v) is 37.9. The molecular formula is C64H41N5. The monoisotopic (exact) mass is 879 g/mol. The van der Waals surface area contributed by atoms with Crippen LogP contribution in [0.1, 0.15) is 16.7 Å². The van der Waals surface area contributed by atoms with E-state index in [2.05, 4.69) is 208 Å². The first-order chi connectivity index (χ1) is 34.0. The van der Waals surface area contributed by atoms with Gasteiger partial charge in [0.25, 0.3) is 0 Å². The van der Waals surface area contributed by atoms with Gasteiger partial charge in [-0.2, -0.15) is 5.26 Å². The summed E-state index contributed by atoms with van der Waals surface area (Å²) in [4.78, 5) is 4.60. The largest absolute Gasteiger partial charge is 0.317 e. The van der Waals surface area contributed by atoms with Crippen LogP contribution in [-0.4, -0.2) is 13.7 Å². The molecule has 322 valence electrons. The molecule has 0 atom stereocenters. The van der Waals surface area contributed by atoms with Gasteiger partial charge in [0, 0.05) is 37.9 Å². The summed E-state index contributed by atoms with van der Waals surface area (Å²) in [6.07, 6.45) is 0. The summed E-state index contributed by atoms with van der Waals surface area (Å²) >= 11 is 0. The minimum Gasteiger partial charge on any atom is -0.317 e. The van der Waals surface area contributed by atoms with Gasteiger partial charge < -0.3 is 13.7 Å². The second-order valence-corrected chi connectivity index (χ2v) is 18.0. The van der Waals surface area contributed by atoms with Crippen LogP contribution >= 0.6 is 0 Å². The molecule has 0 saturated carbocycles. The molecular weight excluding hydrogens is 839 g/mol. The van der Waals surface area contributed by atoms with E-state index in [4.69, 9.17) is 0 Å². The molecule has 0 aliphatic carbocycles. The Morgan fingerprint density at radius 3 is 1.20 bits per heavy atom. The van der Waals surface area contributed by atoms with E-state index in [-0.39, 0.29) is 0 Å². The number of aryl methyl sites for hydroxylation is 2. The van der Waals surface area contributed by atoms with Crippen LogP contribution in [0.3, 0.4) is 0 Å². The first kappa shape index (κ1) is 39.9. The molecule has 0 radical (unpaired) electrons. The maximum atomic E-state index is 12.1. The lowest BCUT2D eigenvalue weighted by molar-refractivity contribution is 1.05. The molecule has 0 bridgehead atoms. The molecule has 3 aromatic heterocycles. The van der Waals surface area contributed by atoms with Gasteiger partial charge >= 0.3 is 0 Å². The second kappa shape index (κ2) is 15.6. The van der Waals surface area contributed by atoms with E-state index in [9.17, 15) is 11.8 Å². The molecule has 0 unspecified atom stereocenters. The molecule has 0 aliphatic rings. The van der Waals surface area contributed by atoms with Crippen molar-refractivity contribution in [1.29, 1.82) is 5.26 Å². The molecule has 13 rings (SSSR count). The number of aromatic nitrogens is 3. The maximum Gasteiger partial charge on any atom is 0.221 e. The molecule has 0 saturated heterocycles. The maximum absolute atomic E-state index is 12.1. The first-order valence-electron chi connectivity index (χ1n) is 23.3. The van der Waals surface area contributed by atoms with E-state index in [0.29, 0.717) is 28.2 Å². The number of nitrogens with zero attached hydrogens (tertiary/aromatic N) is 5. The number of para-hydroxylation sites is 2. The van der Waals surface area contributed by atoms with E-state index < -0.39 is 0 Å². The lowest BCUT2D eigenvalue weighted by atomic mass is 9.93. The van der Waals surface area contributed by atoms with Crippen molar-refractivity contribution in [2.45, 2.75) is 13.8 Å². The van der Waals surface area contributed by atoms with E-state index in [1.165, 1.54) is 0 Å². The SMILES string of the molecule is [C-]#[N+]c1c(-c2ccccc2)c(C#N)c(-n2c3ccc(C)cc3c3cc(-c4ccccc4)ccc32)c(-n2c3ccccc3c3ccccc32)c1-n1c2ccc(C)cc2c2cc(-c3ccccc3)ccc21. The molecule has 0 amide bonds. The van der Waals surface area contributed by atoms with Crippen molar-refractivity contribution in [2.75, 3.05) is 0 Å². The number of fused-ring (bicyclic) bond motifs is 9. The summed E-state index contributed by atoms with van der Waals surface area (Å²) in [5.41, 5.74) is 16.9. The predicted molar refractivity (Wildman–Crippen MR) is 286 cm³/mol. The highest BCUT2D eigenvalue weighted by Gasteiger charge is 2.33. The molecule has 5 heteroatoms. The highest BCUT2D eigenvalue weighted by Crippen LogP contribution is 2.52. The first-order valence-corrected chi connectivity index (χ1v) is 23.3. The van der Waals surface area contributed by atoms with Gasteiger partial charge in [0.05, 0.1) is 62.3 Å². The average molecular weight is 880 g/mol. The Hall–Kier alpha value is -9.42. The molecule has 0 N–H and O–H groups in total. The summed E-state index contributed by atoms with van der Waals surface area (Å²) in [6, 6.07) is 77.5. The molecule has 0 fully saturated rings. The minimum absolute atomic E-state index is 0.396. The van der Waals surface area contributed by atoms with Gasteiger partial charge in [-0.1, -0.05) is 163 Å². The minimum atomic E-state index is 0.396. The number of benzene rings is 10. The average Bonchev–Trinajstić information content (AvgIpc) is 4.02. The number of nitriles is 1. The van der Waals surface area contributed by atoms with Crippen molar-refractivity contribution in [1.82, 2.24) is 13.7 Å². The second-order valence-electron chi connectivity index (χ2n) is 18.0. The van der Waals surface area contributed by atoms with E-state index in [1.54, 1.807) is 0 Å². The molecule has 3 heterocycles. The third-order valence-electron chi connectivity index (χ3n) is 14.0. The Morgan fingerprint density at radius 1 is 0.362 bits per heavy atom. The van der Waals surface area contributed by atoms with Crippen LogP contribution in [-0.2, 0) is 0 Å². The molecule has 0 aliphatic heterocycles. The third kappa shape index (κ3) is 6.01. The quantitative estimate of drug-likeness (QED) is 0.153. The van der Waals surface area contributed by atoms with Crippen molar-refractivity contribution in [3.05, 3.63) is 240 Å². The zero-order chi connectivity index (χ0) is 46.3. The lowest BCUT2D eigenvalue weighted by Crippen LogP contribution is -2.13. The molecule has 5 nitrogen and oxygen atoms in total. The summed E-state index contributed by atoms with van der Waals surface area (Å²) in [5, 5.41) is 18.5. The standard InChI is InChI=1S/C64H41N5/c1-40-27-31-56-49(35-40)51-37-45(42-17-7-4-8-18-42)29-33-58(51)67(56)62-53(39-65)60(44-21-11-6-12-22-44)61(66-3)63(64(62)69-54-25-15-13-23-47(54)48-24-14-16-26-55(48)69)68-57-32-28-41(2)36-50(57)52-38-46(30-34-59(52)68)43-19-9-5-10-20-43/h4-38H,1-2H3. The van der Waals surface area contributed by atoms with Crippen LogP contribution in [0.15, 0.2) is 212 Å². The fourth-order valence-corrected chi connectivity index (χ4v) is 11.0. The van der Waals surface area contributed by atoms with Crippen molar-refractivity contribution in [3.8, 4) is 56.5 Å². The summed E-state index contributed by atoms with van der Waals surface area (Å²) in [7, 11) is 0. The van der Waals surface area contributed by atoms with Gasteiger partial charge in [0.15, 0.2) is 0 Å².